The molecule has 2 N–H and O–H groups in total. The van der Waals surface area contributed by atoms with Crippen molar-refractivity contribution in [1.29, 1.82) is 0 Å². The number of carbonyl (C=O) groups is 1. The molecule has 0 radical (unpaired) electrons. The normalized spacial score (nSPS) is 15.0. The summed E-state index contributed by atoms with van der Waals surface area (Å²) in [6, 6.07) is 4.03. The summed E-state index contributed by atoms with van der Waals surface area (Å²) in [6.07, 6.45) is 4.69. The second-order valence-electron chi connectivity index (χ2n) is 6.91. The van der Waals surface area contributed by atoms with Gasteiger partial charge in [-0.15, -0.1) is 5.10 Å². The first-order valence-corrected chi connectivity index (χ1v) is 9.54. The molecular formula is C18H20FN5O2S. The summed E-state index contributed by atoms with van der Waals surface area (Å²) in [7, 11) is 0. The van der Waals surface area contributed by atoms with Crippen molar-refractivity contribution in [2.45, 2.75) is 38.6 Å². The van der Waals surface area contributed by atoms with E-state index in [4.69, 9.17) is 12.2 Å². The number of halogens is 1. The van der Waals surface area contributed by atoms with Gasteiger partial charge in [-0.1, -0.05) is 12.8 Å². The van der Waals surface area contributed by atoms with Crippen LogP contribution in [0.1, 0.15) is 32.1 Å². The maximum absolute atomic E-state index is 13.7. The predicted octanol–water partition coefficient (Wildman–Crippen LogP) is 2.54. The lowest BCUT2D eigenvalue weighted by atomic mass is 10.1. The van der Waals surface area contributed by atoms with E-state index in [2.05, 4.69) is 15.5 Å². The molecule has 27 heavy (non-hydrogen) atoms. The fourth-order valence-corrected chi connectivity index (χ4v) is 4.01. The van der Waals surface area contributed by atoms with Crippen LogP contribution in [0.15, 0.2) is 23.0 Å². The third kappa shape index (κ3) is 3.27. The van der Waals surface area contributed by atoms with Crippen molar-refractivity contribution in [1.82, 2.24) is 24.5 Å². The second-order valence-corrected chi connectivity index (χ2v) is 7.30. The second kappa shape index (κ2) is 7.22. The van der Waals surface area contributed by atoms with Gasteiger partial charge in [-0.25, -0.2) is 9.49 Å². The van der Waals surface area contributed by atoms with Crippen molar-refractivity contribution in [2.75, 3.05) is 6.54 Å². The number of fused-ring (bicyclic) bond motifs is 3. The molecule has 3 aromatic rings. The van der Waals surface area contributed by atoms with E-state index in [-0.39, 0.29) is 22.8 Å². The van der Waals surface area contributed by atoms with Crippen LogP contribution in [0.4, 0.5) is 4.39 Å². The molecule has 4 rings (SSSR count). The summed E-state index contributed by atoms with van der Waals surface area (Å²) >= 11 is 5.26. The smallest absolute Gasteiger partial charge is 0.262 e. The van der Waals surface area contributed by atoms with Crippen molar-refractivity contribution in [3.05, 3.63) is 39.1 Å². The highest BCUT2D eigenvalue weighted by atomic mass is 32.1. The number of nitrogens with zero attached hydrogens (tertiary/aromatic N) is 3. The molecule has 0 bridgehead atoms. The molecule has 0 atom stereocenters. The molecule has 1 saturated carbocycles. The van der Waals surface area contributed by atoms with Gasteiger partial charge < -0.3 is 5.32 Å². The van der Waals surface area contributed by atoms with Crippen LogP contribution in [-0.4, -0.2) is 31.6 Å². The summed E-state index contributed by atoms with van der Waals surface area (Å²) in [5.74, 6) is 0.107. The maximum Gasteiger partial charge on any atom is 0.262 e. The number of nitrogens with one attached hydrogen (secondary N) is 2. The number of amides is 1. The van der Waals surface area contributed by atoms with E-state index in [0.29, 0.717) is 35.6 Å². The van der Waals surface area contributed by atoms with Crippen LogP contribution in [0.25, 0.3) is 16.7 Å². The molecule has 1 fully saturated rings. The summed E-state index contributed by atoms with van der Waals surface area (Å²) in [5.41, 5.74) is 0.189. The van der Waals surface area contributed by atoms with E-state index >= 15 is 0 Å². The molecule has 1 aliphatic rings. The van der Waals surface area contributed by atoms with Crippen LogP contribution in [-0.2, 0) is 11.3 Å². The number of aromatic amines is 1. The molecule has 142 valence electrons. The molecule has 2 aromatic heterocycles. The van der Waals surface area contributed by atoms with Gasteiger partial charge in [0.05, 0.1) is 10.9 Å². The number of H-pyrrole nitrogens is 1. The number of hydrogen-bond acceptors (Lipinski definition) is 4. The minimum Gasteiger partial charge on any atom is -0.356 e. The van der Waals surface area contributed by atoms with Crippen molar-refractivity contribution in [2.24, 2.45) is 5.92 Å². The zero-order valence-electron chi connectivity index (χ0n) is 14.7. The van der Waals surface area contributed by atoms with E-state index in [0.717, 1.165) is 25.7 Å². The SMILES string of the molecule is O=C(NCCCn1c(=O)c2cc(F)ccc2n2c(=S)[nH]nc12)C1CCCC1. The molecule has 0 unspecified atom stereocenters. The van der Waals surface area contributed by atoms with Gasteiger partial charge in [-0.3, -0.25) is 18.6 Å². The lowest BCUT2D eigenvalue weighted by Crippen LogP contribution is -2.31. The molecule has 9 heteroatoms. The maximum atomic E-state index is 13.7. The Balaban J connectivity index is 1.59. The van der Waals surface area contributed by atoms with E-state index in [1.54, 1.807) is 4.40 Å². The first-order chi connectivity index (χ1) is 13.1. The molecule has 1 aromatic carbocycles. The summed E-state index contributed by atoms with van der Waals surface area (Å²) in [5, 5.41) is 10.0. The average molecular weight is 389 g/mol. The van der Waals surface area contributed by atoms with Crippen molar-refractivity contribution in [3.63, 3.8) is 0 Å². The van der Waals surface area contributed by atoms with Gasteiger partial charge in [-0.05, 0) is 49.7 Å². The summed E-state index contributed by atoms with van der Waals surface area (Å²) < 4.78 is 17.1. The van der Waals surface area contributed by atoms with Crippen molar-refractivity contribution >= 4 is 34.8 Å². The zero-order valence-corrected chi connectivity index (χ0v) is 15.5. The lowest BCUT2D eigenvalue weighted by molar-refractivity contribution is -0.124. The molecule has 0 saturated heterocycles. The molecule has 2 heterocycles. The third-order valence-corrected chi connectivity index (χ3v) is 5.43. The largest absolute Gasteiger partial charge is 0.356 e. The minimum atomic E-state index is -0.482. The van der Waals surface area contributed by atoms with E-state index < -0.39 is 5.82 Å². The van der Waals surface area contributed by atoms with Crippen LogP contribution in [0, 0.1) is 16.5 Å². The molecular weight excluding hydrogens is 369 g/mol. The number of aromatic nitrogens is 4. The van der Waals surface area contributed by atoms with E-state index in [9.17, 15) is 14.0 Å². The number of aryl methyl sites for hydroxylation is 1. The number of benzene rings is 1. The van der Waals surface area contributed by atoms with Gasteiger partial charge in [0.25, 0.3) is 5.56 Å². The Morgan fingerprint density at radius 2 is 2.15 bits per heavy atom. The van der Waals surface area contributed by atoms with Gasteiger partial charge in [0.15, 0.2) is 0 Å². The van der Waals surface area contributed by atoms with Crippen molar-refractivity contribution < 1.29 is 9.18 Å². The van der Waals surface area contributed by atoms with Gasteiger partial charge in [0, 0.05) is 19.0 Å². The molecule has 1 aliphatic carbocycles. The Morgan fingerprint density at radius 3 is 2.93 bits per heavy atom. The molecule has 0 spiro atoms. The van der Waals surface area contributed by atoms with Gasteiger partial charge in [-0.2, -0.15) is 0 Å². The highest BCUT2D eigenvalue weighted by Gasteiger charge is 2.22. The van der Waals surface area contributed by atoms with E-state index in [1.807, 2.05) is 0 Å². The van der Waals surface area contributed by atoms with Crippen molar-refractivity contribution in [3.8, 4) is 0 Å². The average Bonchev–Trinajstić information content (AvgIpc) is 3.31. The number of rotatable bonds is 5. The number of carbonyl (C=O) groups excluding carboxylic acids is 1. The molecule has 1 amide bonds. The predicted molar refractivity (Wildman–Crippen MR) is 102 cm³/mol. The first-order valence-electron chi connectivity index (χ1n) is 9.13. The fourth-order valence-electron chi connectivity index (χ4n) is 3.78. The minimum absolute atomic E-state index is 0.0903. The number of hydrogen-bond donors (Lipinski definition) is 2. The monoisotopic (exact) mass is 389 g/mol. The standard InChI is InChI=1S/C18H20FN5O2S/c19-12-6-7-14-13(10-12)16(26)23(17-21-22-18(27)24(14)17)9-3-8-20-15(25)11-4-1-2-5-11/h6-7,10-11H,1-5,8-9H2,(H,20,25)(H,22,27). The van der Waals surface area contributed by atoms with Crippen LogP contribution in [0.2, 0.25) is 0 Å². The Labute approximate surface area is 159 Å². The Kier molecular flexibility index (Phi) is 4.77. The quantitative estimate of drug-likeness (QED) is 0.519. The molecule has 0 aliphatic heterocycles. The highest BCUT2D eigenvalue weighted by molar-refractivity contribution is 7.71. The highest BCUT2D eigenvalue weighted by Crippen LogP contribution is 2.24. The van der Waals surface area contributed by atoms with Gasteiger partial charge >= 0.3 is 0 Å². The molecule has 7 nitrogen and oxygen atoms in total. The third-order valence-electron chi connectivity index (χ3n) is 5.15. The Morgan fingerprint density at radius 1 is 1.37 bits per heavy atom. The summed E-state index contributed by atoms with van der Waals surface area (Å²) in [6.45, 7) is 0.819. The first kappa shape index (κ1) is 17.8. The van der Waals surface area contributed by atoms with E-state index in [1.165, 1.54) is 22.8 Å². The fraction of sp³-hybridized carbons (Fsp3) is 0.444. The van der Waals surface area contributed by atoms with Crippen LogP contribution >= 0.6 is 12.2 Å². The zero-order chi connectivity index (χ0) is 19.0. The van der Waals surface area contributed by atoms with Gasteiger partial charge in [0.2, 0.25) is 16.5 Å². The topological polar surface area (TPSA) is 84.2 Å². The van der Waals surface area contributed by atoms with Crippen LogP contribution in [0.5, 0.6) is 0 Å². The van der Waals surface area contributed by atoms with Crippen LogP contribution in [0.3, 0.4) is 0 Å². The van der Waals surface area contributed by atoms with Gasteiger partial charge in [0.1, 0.15) is 5.82 Å². The lowest BCUT2D eigenvalue weighted by Gasteiger charge is -2.12. The van der Waals surface area contributed by atoms with Crippen LogP contribution < -0.4 is 10.9 Å². The Hall–Kier alpha value is -2.55. The Bertz CT molecular complexity index is 1130. The summed E-state index contributed by atoms with van der Waals surface area (Å²) in [4.78, 5) is 24.9.